The molecule has 0 rings (SSSR count). The van der Waals surface area contributed by atoms with Crippen molar-refractivity contribution in [2.45, 2.75) is 39.5 Å². The van der Waals surface area contributed by atoms with E-state index in [1.165, 1.54) is 25.7 Å². The zero-order chi connectivity index (χ0) is 9.98. The molecule has 0 aromatic heterocycles. The van der Waals surface area contributed by atoms with Crippen LogP contribution in [-0.4, -0.2) is 4.32 Å². The second-order valence-corrected chi connectivity index (χ2v) is 3.87. The first-order chi connectivity index (χ1) is 5.54. The molecular formula is C9H19NS2Zn. The summed E-state index contributed by atoms with van der Waals surface area (Å²) in [6, 6.07) is 0. The Morgan fingerprint density at radius 2 is 1.92 bits per heavy atom. The zero-order valence-electron chi connectivity index (χ0n) is 8.71. The molecule has 0 amide bonds. The van der Waals surface area contributed by atoms with Gasteiger partial charge in [-0.15, -0.1) is 0 Å². The van der Waals surface area contributed by atoms with Crippen molar-refractivity contribution in [3.63, 3.8) is 0 Å². The van der Waals surface area contributed by atoms with E-state index in [2.05, 4.69) is 51.4 Å². The summed E-state index contributed by atoms with van der Waals surface area (Å²) in [5.41, 5.74) is 4.66. The molecule has 0 aromatic rings. The van der Waals surface area contributed by atoms with Gasteiger partial charge in [-0.05, 0) is 0 Å². The van der Waals surface area contributed by atoms with Gasteiger partial charge in [0.1, 0.15) is 0 Å². The monoisotopic (exact) mass is 269 g/mol. The van der Waals surface area contributed by atoms with E-state index in [9.17, 15) is 0 Å². The van der Waals surface area contributed by atoms with Crippen LogP contribution in [-0.2, 0) is 32.1 Å². The van der Waals surface area contributed by atoms with Crippen LogP contribution in [0.3, 0.4) is 0 Å². The fourth-order valence-corrected chi connectivity index (χ4v) is 0.697. The maximum absolute atomic E-state index is 4.66. The second-order valence-electron chi connectivity index (χ2n) is 2.74. The first kappa shape index (κ1) is 19.3. The van der Waals surface area contributed by atoms with E-state index in [0.29, 0.717) is 5.92 Å². The summed E-state index contributed by atoms with van der Waals surface area (Å²) in [6.07, 6.45) is 5.21. The van der Waals surface area contributed by atoms with Crippen LogP contribution < -0.4 is 5.73 Å². The maximum atomic E-state index is 4.66. The summed E-state index contributed by atoms with van der Waals surface area (Å²) in [5, 5.41) is 0. The molecule has 1 atom stereocenters. The minimum absolute atomic E-state index is 0. The van der Waals surface area contributed by atoms with Gasteiger partial charge in [-0.25, -0.2) is 0 Å². The van der Waals surface area contributed by atoms with Gasteiger partial charge < -0.3 is 37.5 Å². The molecule has 0 aliphatic carbocycles. The zero-order valence-corrected chi connectivity index (χ0v) is 13.3. The van der Waals surface area contributed by atoms with Gasteiger partial charge in [0.05, 0.1) is 0 Å². The van der Waals surface area contributed by atoms with Crippen molar-refractivity contribution in [1.82, 2.24) is 0 Å². The molecule has 13 heavy (non-hydrogen) atoms. The van der Waals surface area contributed by atoms with Crippen LogP contribution in [0.4, 0.5) is 0 Å². The summed E-state index contributed by atoms with van der Waals surface area (Å²) in [5.74, 6) is 0.704. The van der Waals surface area contributed by atoms with E-state index in [0.717, 1.165) is 0 Å². The summed E-state index contributed by atoms with van der Waals surface area (Å²) in [4.78, 5) is 0. The predicted octanol–water partition coefficient (Wildman–Crippen LogP) is 2.81. The molecule has 0 aliphatic rings. The van der Waals surface area contributed by atoms with Crippen LogP contribution in [0.15, 0.2) is 0 Å². The third kappa shape index (κ3) is 32.4. The van der Waals surface area contributed by atoms with Crippen molar-refractivity contribution in [1.29, 1.82) is 0 Å². The molecule has 0 saturated heterocycles. The van der Waals surface area contributed by atoms with Crippen molar-refractivity contribution < 1.29 is 19.5 Å². The predicted molar refractivity (Wildman–Crippen MR) is 62.8 cm³/mol. The van der Waals surface area contributed by atoms with E-state index < -0.39 is 0 Å². The van der Waals surface area contributed by atoms with Crippen molar-refractivity contribution in [3.8, 4) is 0 Å². The smallest absolute Gasteiger partial charge is 0.415 e. The van der Waals surface area contributed by atoms with Crippen molar-refractivity contribution in [2.24, 2.45) is 11.7 Å². The molecule has 0 fully saturated rings. The van der Waals surface area contributed by atoms with Crippen molar-refractivity contribution >= 4 is 29.2 Å². The number of thiocarbonyl (C=S) groups is 1. The van der Waals surface area contributed by atoms with Crippen LogP contribution in [0.5, 0.6) is 0 Å². The van der Waals surface area contributed by atoms with Gasteiger partial charge in [-0.1, -0.05) is 43.9 Å². The molecule has 0 spiro atoms. The summed E-state index contributed by atoms with van der Waals surface area (Å²) >= 11 is 8.26. The molecule has 0 heterocycles. The standard InChI is InChI=1S/C8H17.CH3NS2.Zn/c1-4-6-7-8(3)5-2;2-1(3)4;/h8H,3-7H2,1-2H3;(H3,2,3,4);/q-1;;+2/p-1. The Morgan fingerprint density at radius 1 is 1.54 bits per heavy atom. The Labute approximate surface area is 106 Å². The Hall–Kier alpha value is 0.733. The first-order valence-electron chi connectivity index (χ1n) is 4.34. The SMILES string of the molecule is NC(=S)[S-].[CH2-]C(CC)CCCC.[Zn+2]. The molecule has 0 saturated carbocycles. The van der Waals surface area contributed by atoms with E-state index in [4.69, 9.17) is 0 Å². The third-order valence-corrected chi connectivity index (χ3v) is 1.54. The van der Waals surface area contributed by atoms with E-state index in [1.54, 1.807) is 0 Å². The molecule has 4 heteroatoms. The summed E-state index contributed by atoms with van der Waals surface area (Å²) in [7, 11) is 0. The van der Waals surface area contributed by atoms with Crippen LogP contribution >= 0.6 is 12.2 Å². The van der Waals surface area contributed by atoms with Crippen LogP contribution in [0.25, 0.3) is 0 Å². The normalized spacial score (nSPS) is 10.4. The average Bonchev–Trinajstić information content (AvgIpc) is 1.99. The Balaban J connectivity index is -0.000000173. The molecule has 1 unspecified atom stereocenters. The molecule has 0 bridgehead atoms. The molecule has 0 aliphatic heterocycles. The van der Waals surface area contributed by atoms with Gasteiger partial charge in [0.15, 0.2) is 0 Å². The molecule has 0 radical (unpaired) electrons. The van der Waals surface area contributed by atoms with Gasteiger partial charge in [0.2, 0.25) is 0 Å². The topological polar surface area (TPSA) is 26.0 Å². The fourth-order valence-electron chi connectivity index (χ4n) is 0.697. The minimum Gasteiger partial charge on any atom is -0.415 e. The van der Waals surface area contributed by atoms with Crippen LogP contribution in [0, 0.1) is 12.8 Å². The summed E-state index contributed by atoms with van der Waals surface area (Å²) in [6.45, 7) is 8.42. The number of hydrogen-bond acceptors (Lipinski definition) is 2. The number of unbranched alkanes of at least 4 members (excludes halogenated alkanes) is 1. The second kappa shape index (κ2) is 15.2. The Morgan fingerprint density at radius 3 is 2.15 bits per heavy atom. The Bertz CT molecular complexity index is 106. The van der Waals surface area contributed by atoms with E-state index in [1.807, 2.05) is 0 Å². The summed E-state index contributed by atoms with van der Waals surface area (Å²) < 4.78 is 0.0833. The van der Waals surface area contributed by atoms with Gasteiger partial charge >= 0.3 is 19.5 Å². The number of rotatable bonds is 4. The van der Waals surface area contributed by atoms with Crippen molar-refractivity contribution in [2.75, 3.05) is 0 Å². The number of hydrogen-bond donors (Lipinski definition) is 1. The van der Waals surface area contributed by atoms with Gasteiger partial charge in [-0.2, -0.15) is 5.92 Å². The van der Waals surface area contributed by atoms with Gasteiger partial charge in [-0.3, -0.25) is 0 Å². The molecule has 2 N–H and O–H groups in total. The minimum atomic E-state index is 0. The Kier molecular flexibility index (Phi) is 22.6. The maximum Gasteiger partial charge on any atom is 2.00 e. The molecule has 0 aromatic carbocycles. The fraction of sp³-hybridized carbons (Fsp3) is 0.778. The first-order valence-corrected chi connectivity index (χ1v) is 5.15. The van der Waals surface area contributed by atoms with Crippen LogP contribution in [0.2, 0.25) is 0 Å². The molecule has 1 nitrogen and oxygen atoms in total. The number of nitrogens with two attached hydrogens (primary N) is 1. The average molecular weight is 271 g/mol. The van der Waals surface area contributed by atoms with Gasteiger partial charge in [0, 0.05) is 0 Å². The van der Waals surface area contributed by atoms with Gasteiger partial charge in [0.25, 0.3) is 0 Å². The molecule has 74 valence electrons. The quantitative estimate of drug-likeness (QED) is 0.368. The largest absolute Gasteiger partial charge is 2.00 e. The van der Waals surface area contributed by atoms with E-state index >= 15 is 0 Å². The van der Waals surface area contributed by atoms with Crippen LogP contribution in [0.1, 0.15) is 39.5 Å². The molecular weight excluding hydrogens is 252 g/mol. The third-order valence-electron chi connectivity index (χ3n) is 1.54. The van der Waals surface area contributed by atoms with E-state index in [-0.39, 0.29) is 23.8 Å². The van der Waals surface area contributed by atoms with Crippen molar-refractivity contribution in [3.05, 3.63) is 6.92 Å².